The highest BCUT2D eigenvalue weighted by molar-refractivity contribution is 5.69. The number of aliphatic hydroxyl groups is 1. The molecule has 0 spiro atoms. The van der Waals surface area contributed by atoms with Gasteiger partial charge in [-0.15, -0.1) is 0 Å². The van der Waals surface area contributed by atoms with Crippen LogP contribution in [0.2, 0.25) is 0 Å². The molecule has 1 N–H and O–H groups in total. The predicted octanol–water partition coefficient (Wildman–Crippen LogP) is 0.272. The zero-order chi connectivity index (χ0) is 14.9. The molecule has 0 aliphatic carbocycles. The van der Waals surface area contributed by atoms with Crippen molar-refractivity contribution in [3.8, 4) is 0 Å². The van der Waals surface area contributed by atoms with Crippen LogP contribution in [0.3, 0.4) is 0 Å². The summed E-state index contributed by atoms with van der Waals surface area (Å²) in [5.74, 6) is -0.395. The fourth-order valence-corrected chi connectivity index (χ4v) is 1.08. The van der Waals surface area contributed by atoms with Crippen LogP contribution in [0.25, 0.3) is 10.4 Å². The average molecular weight is 291 g/mol. The molecule has 0 heterocycles. The van der Waals surface area contributed by atoms with Crippen molar-refractivity contribution in [2.75, 3.05) is 59.4 Å². The Morgan fingerprint density at radius 1 is 1.00 bits per heavy atom. The number of rotatable bonds is 14. The van der Waals surface area contributed by atoms with Crippen molar-refractivity contribution >= 4 is 5.97 Å². The summed E-state index contributed by atoms with van der Waals surface area (Å²) in [5, 5.41) is 11.7. The third-order valence-electron chi connectivity index (χ3n) is 1.95. The second kappa shape index (κ2) is 15.7. The molecule has 0 rings (SSSR count). The van der Waals surface area contributed by atoms with Crippen LogP contribution in [0.4, 0.5) is 0 Å². The minimum atomic E-state index is -0.395. The highest BCUT2D eigenvalue weighted by Crippen LogP contribution is 1.89. The summed E-state index contributed by atoms with van der Waals surface area (Å²) in [5.41, 5.74) is 8.01. The molecule has 0 fully saturated rings. The standard InChI is InChI=1S/C11H21N3O6/c12-14-13-2-5-18-8-10-19-9-7-17-4-1-11(16)20-6-3-15/h15H,1-10H2. The van der Waals surface area contributed by atoms with Gasteiger partial charge in [0.15, 0.2) is 0 Å². The Hall–Kier alpha value is -1.38. The minimum absolute atomic E-state index is 0.0155. The summed E-state index contributed by atoms with van der Waals surface area (Å²) in [6.07, 6.45) is 0.155. The second-order valence-corrected chi connectivity index (χ2v) is 3.49. The summed E-state index contributed by atoms with van der Waals surface area (Å²) in [4.78, 5) is 13.6. The first-order valence-corrected chi connectivity index (χ1v) is 6.31. The smallest absolute Gasteiger partial charge is 0.308 e. The Balaban J connectivity index is 3.09. The molecule has 20 heavy (non-hydrogen) atoms. The summed E-state index contributed by atoms with van der Waals surface area (Å²) in [6.45, 7) is 2.43. The molecule has 0 saturated carbocycles. The lowest BCUT2D eigenvalue weighted by atomic mass is 10.5. The molecule has 0 aliphatic heterocycles. The molecule has 0 atom stereocenters. The summed E-state index contributed by atoms with van der Waals surface area (Å²) >= 11 is 0. The number of azide groups is 1. The van der Waals surface area contributed by atoms with Crippen molar-refractivity contribution in [1.29, 1.82) is 0 Å². The molecule has 0 aromatic heterocycles. The van der Waals surface area contributed by atoms with Crippen LogP contribution in [0.1, 0.15) is 6.42 Å². The van der Waals surface area contributed by atoms with E-state index in [0.29, 0.717) is 39.6 Å². The van der Waals surface area contributed by atoms with Crippen molar-refractivity contribution < 1.29 is 28.8 Å². The Morgan fingerprint density at radius 2 is 1.60 bits per heavy atom. The fourth-order valence-electron chi connectivity index (χ4n) is 1.08. The maximum Gasteiger partial charge on any atom is 0.308 e. The lowest BCUT2D eigenvalue weighted by Gasteiger charge is -2.06. The number of carbonyl (C=O) groups excluding carboxylic acids is 1. The Labute approximate surface area is 117 Å². The van der Waals surface area contributed by atoms with E-state index in [9.17, 15) is 4.79 Å². The van der Waals surface area contributed by atoms with E-state index in [0.717, 1.165) is 0 Å². The van der Waals surface area contributed by atoms with Gasteiger partial charge in [0.05, 0.1) is 52.7 Å². The van der Waals surface area contributed by atoms with Crippen molar-refractivity contribution in [2.45, 2.75) is 6.42 Å². The highest BCUT2D eigenvalue weighted by Gasteiger charge is 2.01. The van der Waals surface area contributed by atoms with E-state index in [1.807, 2.05) is 0 Å². The van der Waals surface area contributed by atoms with Crippen LogP contribution in [0.15, 0.2) is 5.11 Å². The maximum atomic E-state index is 11.0. The largest absolute Gasteiger partial charge is 0.463 e. The molecule has 0 aromatic rings. The molecule has 0 amide bonds. The SMILES string of the molecule is [N-]=[N+]=NCCOCCOCCOCCC(=O)OCCO. The van der Waals surface area contributed by atoms with Crippen LogP contribution in [0.5, 0.6) is 0 Å². The second-order valence-electron chi connectivity index (χ2n) is 3.49. The van der Waals surface area contributed by atoms with Gasteiger partial charge in [-0.05, 0) is 5.53 Å². The van der Waals surface area contributed by atoms with E-state index in [2.05, 4.69) is 14.8 Å². The van der Waals surface area contributed by atoms with Crippen LogP contribution >= 0.6 is 0 Å². The monoisotopic (exact) mass is 291 g/mol. The van der Waals surface area contributed by atoms with Crippen LogP contribution in [-0.4, -0.2) is 70.5 Å². The molecule has 9 nitrogen and oxygen atoms in total. The van der Waals surface area contributed by atoms with Gasteiger partial charge in [-0.3, -0.25) is 4.79 Å². The van der Waals surface area contributed by atoms with Crippen molar-refractivity contribution in [2.24, 2.45) is 5.11 Å². The predicted molar refractivity (Wildman–Crippen MR) is 69.1 cm³/mol. The Bertz CT molecular complexity index is 283. The highest BCUT2D eigenvalue weighted by atomic mass is 16.6. The molecule has 0 radical (unpaired) electrons. The average Bonchev–Trinajstić information content (AvgIpc) is 2.46. The number of ether oxygens (including phenoxy) is 4. The van der Waals surface area contributed by atoms with Crippen molar-refractivity contribution in [1.82, 2.24) is 0 Å². The van der Waals surface area contributed by atoms with Crippen molar-refractivity contribution in [3.63, 3.8) is 0 Å². The quantitative estimate of drug-likeness (QED) is 0.161. The first-order chi connectivity index (χ1) is 9.81. The topological polar surface area (TPSA) is 123 Å². The fraction of sp³-hybridized carbons (Fsp3) is 0.909. The van der Waals surface area contributed by atoms with E-state index >= 15 is 0 Å². The zero-order valence-corrected chi connectivity index (χ0v) is 11.4. The first kappa shape index (κ1) is 18.6. The minimum Gasteiger partial charge on any atom is -0.463 e. The number of aliphatic hydroxyl groups excluding tert-OH is 1. The number of nitrogens with zero attached hydrogens (tertiary/aromatic N) is 3. The molecule has 116 valence electrons. The third-order valence-corrected chi connectivity index (χ3v) is 1.95. The number of carbonyl (C=O) groups is 1. The maximum absolute atomic E-state index is 11.0. The number of hydrogen-bond acceptors (Lipinski definition) is 7. The van der Waals surface area contributed by atoms with E-state index in [4.69, 9.17) is 24.8 Å². The van der Waals surface area contributed by atoms with Crippen LogP contribution in [0, 0.1) is 0 Å². The van der Waals surface area contributed by atoms with Gasteiger partial charge in [0.1, 0.15) is 6.61 Å². The van der Waals surface area contributed by atoms with Gasteiger partial charge in [0.2, 0.25) is 0 Å². The molecular formula is C11H21N3O6. The van der Waals surface area contributed by atoms with Gasteiger partial charge < -0.3 is 24.1 Å². The van der Waals surface area contributed by atoms with E-state index < -0.39 is 5.97 Å². The van der Waals surface area contributed by atoms with Gasteiger partial charge in [-0.25, -0.2) is 0 Å². The molecule has 0 aliphatic rings. The Morgan fingerprint density at radius 3 is 2.20 bits per heavy atom. The summed E-state index contributed by atoms with van der Waals surface area (Å²) < 4.78 is 20.1. The molecule has 9 heteroatoms. The van der Waals surface area contributed by atoms with Gasteiger partial charge in [0.25, 0.3) is 0 Å². The third kappa shape index (κ3) is 14.7. The molecular weight excluding hydrogens is 270 g/mol. The van der Waals surface area contributed by atoms with Crippen LogP contribution < -0.4 is 0 Å². The normalized spacial score (nSPS) is 10.1. The number of hydrogen-bond donors (Lipinski definition) is 1. The van der Waals surface area contributed by atoms with Gasteiger partial charge >= 0.3 is 5.97 Å². The lowest BCUT2D eigenvalue weighted by Crippen LogP contribution is -2.13. The molecule has 0 saturated heterocycles. The van der Waals surface area contributed by atoms with E-state index in [1.165, 1.54) is 0 Å². The van der Waals surface area contributed by atoms with E-state index in [-0.39, 0.29) is 26.2 Å². The van der Waals surface area contributed by atoms with Gasteiger partial charge in [0, 0.05) is 11.5 Å². The lowest BCUT2D eigenvalue weighted by molar-refractivity contribution is -0.145. The van der Waals surface area contributed by atoms with E-state index in [1.54, 1.807) is 0 Å². The van der Waals surface area contributed by atoms with Crippen molar-refractivity contribution in [3.05, 3.63) is 10.4 Å². The summed E-state index contributed by atoms with van der Waals surface area (Å²) in [7, 11) is 0. The van der Waals surface area contributed by atoms with Crippen LogP contribution in [-0.2, 0) is 23.7 Å². The summed E-state index contributed by atoms with van der Waals surface area (Å²) in [6, 6.07) is 0. The van der Waals surface area contributed by atoms with Gasteiger partial charge in [-0.2, -0.15) is 0 Å². The number of esters is 1. The molecule has 0 bridgehead atoms. The Kier molecular flexibility index (Phi) is 14.6. The molecule has 0 unspecified atom stereocenters. The van der Waals surface area contributed by atoms with Gasteiger partial charge in [-0.1, -0.05) is 5.11 Å². The first-order valence-electron chi connectivity index (χ1n) is 6.31. The zero-order valence-electron chi connectivity index (χ0n) is 11.4. The molecule has 0 aromatic carbocycles.